The molecule has 1 N–H and O–H groups in total. The molecule has 10 heteroatoms. The normalized spacial score (nSPS) is 15.6. The minimum atomic E-state index is -3.54. The molecule has 0 spiro atoms. The largest absolute Gasteiger partial charge is 0.326 e. The van der Waals surface area contributed by atoms with E-state index < -0.39 is 15.9 Å². The number of benzene rings is 2. The lowest BCUT2D eigenvalue weighted by molar-refractivity contribution is -0.114. The summed E-state index contributed by atoms with van der Waals surface area (Å²) in [6.07, 6.45) is 2.78. The monoisotopic (exact) mass is 486 g/mol. The minimum Gasteiger partial charge on any atom is -0.326 e. The maximum absolute atomic E-state index is 12.8. The van der Waals surface area contributed by atoms with Crippen LogP contribution in [-0.2, 0) is 21.4 Å². The molecule has 174 valence electrons. The SMILES string of the molecule is CCn1c(=NC(=O)c2ccc(S(=O)(=O)N3CCCCC3)cc2)sc2cc(NC(C)=O)ccc21. The third-order valence-electron chi connectivity index (χ3n) is 5.57. The van der Waals surface area contributed by atoms with Crippen molar-refractivity contribution < 1.29 is 18.0 Å². The lowest BCUT2D eigenvalue weighted by Gasteiger charge is -2.25. The van der Waals surface area contributed by atoms with Crippen LogP contribution in [0.5, 0.6) is 0 Å². The van der Waals surface area contributed by atoms with Gasteiger partial charge in [0.2, 0.25) is 15.9 Å². The first kappa shape index (κ1) is 23.3. The molecule has 33 heavy (non-hydrogen) atoms. The Morgan fingerprint density at radius 3 is 2.39 bits per heavy atom. The first-order valence-electron chi connectivity index (χ1n) is 10.9. The summed E-state index contributed by atoms with van der Waals surface area (Å²) in [5, 5.41) is 2.76. The second kappa shape index (κ2) is 9.58. The van der Waals surface area contributed by atoms with E-state index in [0.717, 1.165) is 29.5 Å². The van der Waals surface area contributed by atoms with Crippen LogP contribution in [0.1, 0.15) is 43.5 Å². The van der Waals surface area contributed by atoms with Crippen LogP contribution in [0, 0.1) is 0 Å². The molecule has 1 fully saturated rings. The van der Waals surface area contributed by atoms with Gasteiger partial charge in [-0.15, -0.1) is 0 Å². The molecule has 0 atom stereocenters. The van der Waals surface area contributed by atoms with Crippen molar-refractivity contribution in [2.75, 3.05) is 18.4 Å². The van der Waals surface area contributed by atoms with Crippen molar-refractivity contribution in [3.8, 4) is 0 Å². The summed E-state index contributed by atoms with van der Waals surface area (Å²) in [5.74, 6) is -0.590. The zero-order valence-electron chi connectivity index (χ0n) is 18.6. The molecule has 0 bridgehead atoms. The van der Waals surface area contributed by atoms with Crippen molar-refractivity contribution in [3.63, 3.8) is 0 Å². The molecule has 8 nitrogen and oxygen atoms in total. The Balaban J connectivity index is 1.63. The van der Waals surface area contributed by atoms with E-state index >= 15 is 0 Å². The highest BCUT2D eigenvalue weighted by Crippen LogP contribution is 2.23. The second-order valence-electron chi connectivity index (χ2n) is 7.90. The zero-order chi connectivity index (χ0) is 23.6. The van der Waals surface area contributed by atoms with Crippen LogP contribution in [-0.4, -0.2) is 42.2 Å². The second-order valence-corrected chi connectivity index (χ2v) is 10.8. The lowest BCUT2D eigenvalue weighted by atomic mass is 10.2. The highest BCUT2D eigenvalue weighted by molar-refractivity contribution is 7.89. The van der Waals surface area contributed by atoms with Gasteiger partial charge in [-0.1, -0.05) is 17.8 Å². The number of fused-ring (bicyclic) bond motifs is 1. The van der Waals surface area contributed by atoms with Gasteiger partial charge in [0.1, 0.15) is 0 Å². The van der Waals surface area contributed by atoms with Crippen LogP contribution in [0.4, 0.5) is 5.69 Å². The number of aryl methyl sites for hydroxylation is 1. The van der Waals surface area contributed by atoms with Crippen LogP contribution in [0.15, 0.2) is 52.4 Å². The number of nitrogens with one attached hydrogen (secondary N) is 1. The van der Waals surface area contributed by atoms with Crippen molar-refractivity contribution in [1.29, 1.82) is 0 Å². The summed E-state index contributed by atoms with van der Waals surface area (Å²) in [6.45, 7) is 5.11. The summed E-state index contributed by atoms with van der Waals surface area (Å²) >= 11 is 1.36. The fraction of sp³-hybridized carbons (Fsp3) is 0.348. The van der Waals surface area contributed by atoms with Crippen molar-refractivity contribution >= 4 is 49.1 Å². The number of rotatable bonds is 5. The van der Waals surface area contributed by atoms with Crippen LogP contribution >= 0.6 is 11.3 Å². The Morgan fingerprint density at radius 2 is 1.76 bits per heavy atom. The molecule has 2 aromatic carbocycles. The quantitative estimate of drug-likeness (QED) is 0.595. The van der Waals surface area contributed by atoms with E-state index in [0.29, 0.717) is 35.7 Å². The van der Waals surface area contributed by atoms with Gasteiger partial charge in [-0.3, -0.25) is 9.59 Å². The van der Waals surface area contributed by atoms with Gasteiger partial charge in [0.15, 0.2) is 4.80 Å². The fourth-order valence-electron chi connectivity index (χ4n) is 3.92. The molecular formula is C23H26N4O4S2. The average Bonchev–Trinajstić information content (AvgIpc) is 3.15. The Hall–Kier alpha value is -2.82. The molecular weight excluding hydrogens is 460 g/mol. The fourth-order valence-corrected chi connectivity index (χ4v) is 6.57. The van der Waals surface area contributed by atoms with Crippen LogP contribution in [0.2, 0.25) is 0 Å². The van der Waals surface area contributed by atoms with E-state index in [1.54, 1.807) is 0 Å². The topological polar surface area (TPSA) is 101 Å². The Bertz CT molecular complexity index is 1370. The number of carbonyl (C=O) groups is 2. The third-order valence-corrected chi connectivity index (χ3v) is 8.52. The molecule has 1 aromatic heterocycles. The first-order valence-corrected chi connectivity index (χ1v) is 13.2. The number of nitrogens with zero attached hydrogens (tertiary/aromatic N) is 3. The highest BCUT2D eigenvalue weighted by Gasteiger charge is 2.26. The maximum atomic E-state index is 12.8. The number of piperidine rings is 1. The van der Waals surface area contributed by atoms with Gasteiger partial charge in [0.25, 0.3) is 5.91 Å². The molecule has 0 unspecified atom stereocenters. The van der Waals surface area contributed by atoms with Gasteiger partial charge < -0.3 is 9.88 Å². The maximum Gasteiger partial charge on any atom is 0.279 e. The minimum absolute atomic E-state index is 0.153. The number of sulfonamides is 1. The van der Waals surface area contributed by atoms with E-state index in [-0.39, 0.29) is 10.8 Å². The van der Waals surface area contributed by atoms with Gasteiger partial charge >= 0.3 is 0 Å². The van der Waals surface area contributed by atoms with Crippen molar-refractivity contribution in [1.82, 2.24) is 8.87 Å². The van der Waals surface area contributed by atoms with Gasteiger partial charge in [-0.2, -0.15) is 9.30 Å². The molecule has 1 aliphatic heterocycles. The number of thiazole rings is 1. The number of amides is 2. The molecule has 4 rings (SSSR count). The Morgan fingerprint density at radius 1 is 1.06 bits per heavy atom. The van der Waals surface area contributed by atoms with Crippen LogP contribution < -0.4 is 10.1 Å². The number of carbonyl (C=O) groups excluding carboxylic acids is 2. The average molecular weight is 487 g/mol. The molecule has 2 amide bonds. The summed E-state index contributed by atoms with van der Waals surface area (Å²) in [6, 6.07) is 11.6. The molecule has 0 saturated carbocycles. The predicted molar refractivity (Wildman–Crippen MR) is 129 cm³/mol. The number of hydrogen-bond acceptors (Lipinski definition) is 5. The van der Waals surface area contributed by atoms with Gasteiger partial charge in [-0.05, 0) is 62.2 Å². The Kier molecular flexibility index (Phi) is 6.78. The molecule has 0 aliphatic carbocycles. The van der Waals surface area contributed by atoms with Crippen LogP contribution in [0.3, 0.4) is 0 Å². The molecule has 2 heterocycles. The predicted octanol–water partition coefficient (Wildman–Crippen LogP) is 3.60. The zero-order valence-corrected chi connectivity index (χ0v) is 20.2. The van der Waals surface area contributed by atoms with E-state index in [1.807, 2.05) is 29.7 Å². The van der Waals surface area contributed by atoms with Crippen molar-refractivity contribution in [2.45, 2.75) is 44.6 Å². The number of aromatic nitrogens is 1. The smallest absolute Gasteiger partial charge is 0.279 e. The van der Waals surface area contributed by atoms with E-state index in [2.05, 4.69) is 10.3 Å². The van der Waals surface area contributed by atoms with E-state index in [4.69, 9.17) is 0 Å². The summed E-state index contributed by atoms with van der Waals surface area (Å²) in [4.78, 5) is 29.2. The Labute approximate surface area is 196 Å². The molecule has 0 radical (unpaired) electrons. The van der Waals surface area contributed by atoms with E-state index in [1.165, 1.54) is 46.8 Å². The lowest BCUT2D eigenvalue weighted by Crippen LogP contribution is -2.35. The first-order chi connectivity index (χ1) is 15.8. The van der Waals surface area contributed by atoms with E-state index in [9.17, 15) is 18.0 Å². The van der Waals surface area contributed by atoms with Gasteiger partial charge in [-0.25, -0.2) is 8.42 Å². The van der Waals surface area contributed by atoms with Gasteiger partial charge in [0.05, 0.1) is 15.1 Å². The third kappa shape index (κ3) is 4.92. The summed E-state index contributed by atoms with van der Waals surface area (Å²) in [5.41, 5.74) is 1.93. The van der Waals surface area contributed by atoms with Crippen molar-refractivity contribution in [2.24, 2.45) is 4.99 Å². The van der Waals surface area contributed by atoms with Gasteiger partial charge in [0, 0.05) is 37.8 Å². The van der Waals surface area contributed by atoms with Crippen molar-refractivity contribution in [3.05, 3.63) is 52.8 Å². The molecule has 1 aliphatic rings. The molecule has 1 saturated heterocycles. The number of anilines is 1. The summed E-state index contributed by atoms with van der Waals surface area (Å²) < 4.78 is 30.0. The highest BCUT2D eigenvalue weighted by atomic mass is 32.2. The standard InChI is InChI=1S/C23H26N4O4S2/c1-3-27-20-12-9-18(24-16(2)28)15-21(20)32-23(27)25-22(29)17-7-10-19(11-8-17)33(30,31)26-13-5-4-6-14-26/h7-12,15H,3-6,13-14H2,1-2H3,(H,24,28). The van der Waals surface area contributed by atoms with Crippen LogP contribution in [0.25, 0.3) is 10.2 Å². The summed E-state index contributed by atoms with van der Waals surface area (Å²) in [7, 11) is -3.54. The molecule has 3 aromatic rings. The number of hydrogen-bond donors (Lipinski definition) is 1.